The van der Waals surface area contributed by atoms with Crippen LogP contribution in [-0.4, -0.2) is 41.1 Å². The van der Waals surface area contributed by atoms with E-state index in [1.54, 1.807) is 11.3 Å². The molecule has 0 aromatic carbocycles. The van der Waals surface area contributed by atoms with E-state index in [4.69, 9.17) is 0 Å². The van der Waals surface area contributed by atoms with Gasteiger partial charge in [-0.3, -0.25) is 9.88 Å². The van der Waals surface area contributed by atoms with Crippen molar-refractivity contribution in [3.8, 4) is 0 Å². The van der Waals surface area contributed by atoms with Crippen LogP contribution in [0.15, 0.2) is 11.7 Å². The minimum atomic E-state index is 0.156. The van der Waals surface area contributed by atoms with Crippen LogP contribution in [0.3, 0.4) is 0 Å². The summed E-state index contributed by atoms with van der Waals surface area (Å²) in [4.78, 5) is 8.07. The average Bonchev–Trinajstić information content (AvgIpc) is 2.82. The largest absolute Gasteiger partial charge is 0.312 e. The van der Waals surface area contributed by atoms with Crippen molar-refractivity contribution in [1.82, 2.24) is 15.2 Å². The zero-order chi connectivity index (χ0) is 13.6. The van der Waals surface area contributed by atoms with Gasteiger partial charge in [0.2, 0.25) is 0 Å². The third-order valence-corrected chi connectivity index (χ3v) is 4.57. The second kappa shape index (κ2) is 7.22. The van der Waals surface area contributed by atoms with Crippen molar-refractivity contribution in [2.24, 2.45) is 0 Å². The van der Waals surface area contributed by atoms with E-state index in [1.807, 2.05) is 11.7 Å². The second-order valence-corrected chi connectivity index (χ2v) is 6.08. The Morgan fingerprint density at radius 2 is 2.00 bits per heavy atom. The molecule has 1 heterocycles. The maximum absolute atomic E-state index is 4.18. The van der Waals surface area contributed by atoms with Crippen molar-refractivity contribution < 1.29 is 0 Å². The Kier molecular flexibility index (Phi) is 6.26. The molecule has 0 amide bonds. The summed E-state index contributed by atoms with van der Waals surface area (Å²) in [7, 11) is 0. The average molecular weight is 269 g/mol. The lowest BCUT2D eigenvalue weighted by Gasteiger charge is -2.43. The minimum Gasteiger partial charge on any atom is -0.312 e. The van der Waals surface area contributed by atoms with Crippen LogP contribution >= 0.6 is 11.3 Å². The molecule has 0 aliphatic heterocycles. The Labute approximate surface area is 116 Å². The first-order valence-corrected chi connectivity index (χ1v) is 7.79. The Bertz CT molecular complexity index is 318. The monoisotopic (exact) mass is 269 g/mol. The lowest BCUT2D eigenvalue weighted by Crippen LogP contribution is -2.58. The normalized spacial score (nSPS) is 14.1. The summed E-state index contributed by atoms with van der Waals surface area (Å²) in [5.41, 5.74) is 2.08. The van der Waals surface area contributed by atoms with Gasteiger partial charge in [-0.05, 0) is 33.5 Å². The molecule has 0 saturated heterocycles. The quantitative estimate of drug-likeness (QED) is 0.786. The molecule has 104 valence electrons. The van der Waals surface area contributed by atoms with E-state index >= 15 is 0 Å². The second-order valence-electron chi connectivity index (χ2n) is 5.11. The highest BCUT2D eigenvalue weighted by Gasteiger charge is 2.33. The molecule has 1 aromatic rings. The van der Waals surface area contributed by atoms with Crippen molar-refractivity contribution in [3.05, 3.63) is 16.6 Å². The van der Waals surface area contributed by atoms with Crippen molar-refractivity contribution in [2.75, 3.05) is 19.6 Å². The fourth-order valence-corrected chi connectivity index (χ4v) is 3.26. The van der Waals surface area contributed by atoms with Crippen LogP contribution < -0.4 is 5.32 Å². The number of nitrogens with zero attached hydrogens (tertiary/aromatic N) is 2. The molecule has 4 heteroatoms. The molecule has 0 spiro atoms. The van der Waals surface area contributed by atoms with Crippen LogP contribution in [0.2, 0.25) is 0 Å². The molecule has 1 atom stereocenters. The van der Waals surface area contributed by atoms with E-state index in [1.165, 1.54) is 4.88 Å². The summed E-state index contributed by atoms with van der Waals surface area (Å²) >= 11 is 1.75. The number of rotatable bonds is 8. The van der Waals surface area contributed by atoms with E-state index in [2.05, 4.69) is 49.8 Å². The van der Waals surface area contributed by atoms with Crippen LogP contribution in [0.4, 0.5) is 0 Å². The molecule has 1 unspecified atom stereocenters. The van der Waals surface area contributed by atoms with Crippen molar-refractivity contribution >= 4 is 11.3 Å². The fourth-order valence-electron chi connectivity index (χ4n) is 2.62. The van der Waals surface area contributed by atoms with Gasteiger partial charge in [-0.15, -0.1) is 11.3 Å². The summed E-state index contributed by atoms with van der Waals surface area (Å²) in [5.74, 6) is 0. The third-order valence-electron chi connectivity index (χ3n) is 3.77. The lowest BCUT2D eigenvalue weighted by atomic mass is 9.89. The molecule has 0 radical (unpaired) electrons. The number of likely N-dealkylation sites (N-methyl/N-ethyl adjacent to an activating group) is 2. The standard InChI is InChI=1S/C14H27N3S/c1-6-16-13(9-12-10-15-11-18-12)14(4,5)17(7-2)8-3/h10-11,13,16H,6-9H2,1-5H3. The summed E-state index contributed by atoms with van der Waals surface area (Å²) < 4.78 is 0. The van der Waals surface area contributed by atoms with Gasteiger partial charge >= 0.3 is 0 Å². The van der Waals surface area contributed by atoms with Crippen molar-refractivity contribution in [3.63, 3.8) is 0 Å². The predicted octanol–water partition coefficient (Wildman–Crippen LogP) is 2.78. The van der Waals surface area contributed by atoms with Gasteiger partial charge in [0.25, 0.3) is 0 Å². The summed E-state index contributed by atoms with van der Waals surface area (Å²) in [6.07, 6.45) is 3.05. The maximum Gasteiger partial charge on any atom is 0.0794 e. The van der Waals surface area contributed by atoms with E-state index in [9.17, 15) is 0 Å². The first kappa shape index (κ1) is 15.6. The molecule has 0 fully saturated rings. The molecule has 0 bridgehead atoms. The van der Waals surface area contributed by atoms with Gasteiger partial charge in [0.05, 0.1) is 5.51 Å². The Balaban J connectivity index is 2.81. The van der Waals surface area contributed by atoms with Gasteiger partial charge in [0.15, 0.2) is 0 Å². The molecule has 1 aromatic heterocycles. The SMILES string of the molecule is CCNC(Cc1cncs1)C(C)(C)N(CC)CC. The predicted molar refractivity (Wildman–Crippen MR) is 80.3 cm³/mol. The maximum atomic E-state index is 4.18. The summed E-state index contributed by atoms with van der Waals surface area (Å²) in [5, 5.41) is 3.65. The number of hydrogen-bond donors (Lipinski definition) is 1. The van der Waals surface area contributed by atoms with Crippen LogP contribution in [0.1, 0.15) is 39.5 Å². The molecule has 0 aliphatic rings. The number of aromatic nitrogens is 1. The van der Waals surface area contributed by atoms with Gasteiger partial charge in [0, 0.05) is 29.1 Å². The van der Waals surface area contributed by atoms with Crippen LogP contribution in [-0.2, 0) is 6.42 Å². The third kappa shape index (κ3) is 3.77. The molecule has 0 aliphatic carbocycles. The Morgan fingerprint density at radius 3 is 2.44 bits per heavy atom. The zero-order valence-corrected chi connectivity index (χ0v) is 13.2. The minimum absolute atomic E-state index is 0.156. The van der Waals surface area contributed by atoms with Crippen molar-refractivity contribution in [1.29, 1.82) is 0 Å². The van der Waals surface area contributed by atoms with E-state index in [0.717, 1.165) is 26.1 Å². The first-order chi connectivity index (χ1) is 8.56. The molecule has 1 rings (SSSR count). The highest BCUT2D eigenvalue weighted by Crippen LogP contribution is 2.23. The van der Waals surface area contributed by atoms with Gasteiger partial charge in [-0.2, -0.15) is 0 Å². The number of hydrogen-bond acceptors (Lipinski definition) is 4. The van der Waals surface area contributed by atoms with Gasteiger partial charge < -0.3 is 5.32 Å². The fraction of sp³-hybridized carbons (Fsp3) is 0.786. The molecule has 1 N–H and O–H groups in total. The summed E-state index contributed by atoms with van der Waals surface area (Å²) in [6, 6.07) is 0.461. The van der Waals surface area contributed by atoms with E-state index in [0.29, 0.717) is 6.04 Å². The van der Waals surface area contributed by atoms with Gasteiger partial charge in [-0.25, -0.2) is 0 Å². The van der Waals surface area contributed by atoms with E-state index in [-0.39, 0.29) is 5.54 Å². The Hall–Kier alpha value is -0.450. The van der Waals surface area contributed by atoms with Crippen LogP contribution in [0.5, 0.6) is 0 Å². The molecule has 18 heavy (non-hydrogen) atoms. The molecular weight excluding hydrogens is 242 g/mol. The number of thiazole rings is 1. The smallest absolute Gasteiger partial charge is 0.0794 e. The van der Waals surface area contributed by atoms with Gasteiger partial charge in [-0.1, -0.05) is 20.8 Å². The van der Waals surface area contributed by atoms with Crippen LogP contribution in [0.25, 0.3) is 0 Å². The first-order valence-electron chi connectivity index (χ1n) is 6.91. The summed E-state index contributed by atoms with van der Waals surface area (Å²) in [6.45, 7) is 14.5. The van der Waals surface area contributed by atoms with Crippen LogP contribution in [0, 0.1) is 0 Å². The topological polar surface area (TPSA) is 28.2 Å². The highest BCUT2D eigenvalue weighted by atomic mass is 32.1. The molecule has 3 nitrogen and oxygen atoms in total. The van der Waals surface area contributed by atoms with E-state index < -0.39 is 0 Å². The molecule has 0 saturated carbocycles. The molecular formula is C14H27N3S. The van der Waals surface area contributed by atoms with Gasteiger partial charge in [0.1, 0.15) is 0 Å². The highest BCUT2D eigenvalue weighted by molar-refractivity contribution is 7.09. The lowest BCUT2D eigenvalue weighted by molar-refractivity contribution is 0.0921. The van der Waals surface area contributed by atoms with Crippen molar-refractivity contribution in [2.45, 2.75) is 52.6 Å². The number of nitrogens with one attached hydrogen (secondary N) is 1. The Morgan fingerprint density at radius 1 is 1.33 bits per heavy atom. The zero-order valence-electron chi connectivity index (χ0n) is 12.4.